The van der Waals surface area contributed by atoms with Crippen molar-refractivity contribution in [3.63, 3.8) is 0 Å². The maximum atomic E-state index is 12.6. The molecule has 140 valence electrons. The minimum Gasteiger partial charge on any atom is -0.370 e. The fraction of sp³-hybridized carbons (Fsp3) is 0.353. The zero-order valence-corrected chi connectivity index (χ0v) is 14.6. The number of hydrogen-bond donors (Lipinski definition) is 1. The van der Waals surface area contributed by atoms with Crippen molar-refractivity contribution in [3.05, 3.63) is 47.4 Å². The molecule has 5 nitrogen and oxygen atoms in total. The Morgan fingerprint density at radius 1 is 1.35 bits per heavy atom. The predicted octanol–water partition coefficient (Wildman–Crippen LogP) is 3.91. The minimum absolute atomic E-state index is 0.294. The number of alkyl halides is 3. The van der Waals surface area contributed by atoms with Gasteiger partial charge in [0, 0.05) is 35.5 Å². The fourth-order valence-corrected chi connectivity index (χ4v) is 2.50. The van der Waals surface area contributed by atoms with Crippen LogP contribution in [0.15, 0.2) is 36.0 Å². The van der Waals surface area contributed by atoms with Gasteiger partial charge in [0.1, 0.15) is 5.69 Å². The van der Waals surface area contributed by atoms with Gasteiger partial charge in [0.15, 0.2) is 0 Å². The van der Waals surface area contributed by atoms with E-state index in [1.807, 2.05) is 10.7 Å². The number of nitrogens with two attached hydrogens (primary N) is 1. The van der Waals surface area contributed by atoms with E-state index in [4.69, 9.17) is 17.3 Å². The van der Waals surface area contributed by atoms with Crippen LogP contribution in [0, 0.1) is 0 Å². The maximum Gasteiger partial charge on any atom is 0.433 e. The van der Waals surface area contributed by atoms with E-state index in [1.54, 1.807) is 6.07 Å². The van der Waals surface area contributed by atoms with Crippen molar-refractivity contribution in [1.82, 2.24) is 14.8 Å². The first-order valence-electron chi connectivity index (χ1n) is 7.88. The lowest BCUT2D eigenvalue weighted by atomic mass is 10.1. The van der Waals surface area contributed by atoms with Gasteiger partial charge in [-0.05, 0) is 37.5 Å². The predicted molar refractivity (Wildman–Crippen MR) is 92.2 cm³/mol. The third-order valence-corrected chi connectivity index (χ3v) is 3.84. The number of primary amides is 1. The van der Waals surface area contributed by atoms with Gasteiger partial charge in [-0.2, -0.15) is 18.3 Å². The monoisotopic (exact) mass is 386 g/mol. The quantitative estimate of drug-likeness (QED) is 0.865. The molecule has 0 radical (unpaired) electrons. The number of nitrogens with zero attached hydrogens (tertiary/aromatic N) is 3. The van der Waals surface area contributed by atoms with E-state index in [0.29, 0.717) is 29.1 Å². The van der Waals surface area contributed by atoms with E-state index >= 15 is 0 Å². The number of halogens is 4. The molecule has 0 saturated heterocycles. The number of carbonyl (C=O) groups is 1. The normalized spacial score (nSPS) is 12.9. The summed E-state index contributed by atoms with van der Waals surface area (Å²) in [6.07, 6.45) is -0.489. The first-order chi connectivity index (χ1) is 12.2. The molecule has 0 bridgehead atoms. The van der Waals surface area contributed by atoms with Crippen molar-refractivity contribution in [2.75, 3.05) is 0 Å². The highest BCUT2D eigenvalue weighted by Gasteiger charge is 2.32. The zero-order valence-electron chi connectivity index (χ0n) is 13.9. The van der Waals surface area contributed by atoms with E-state index in [9.17, 15) is 18.0 Å². The third kappa shape index (κ3) is 5.59. The molecule has 3 rings (SSSR count). The number of amides is 1. The third-order valence-electron chi connectivity index (χ3n) is 3.65. The molecule has 0 saturated carbocycles. The van der Waals surface area contributed by atoms with Crippen LogP contribution in [-0.2, 0) is 23.9 Å². The number of pyridine rings is 1. The molecule has 3 heterocycles. The van der Waals surface area contributed by atoms with Gasteiger partial charge in [-0.1, -0.05) is 18.2 Å². The maximum absolute atomic E-state index is 12.6. The molecule has 0 atom stereocenters. The summed E-state index contributed by atoms with van der Waals surface area (Å²) in [6, 6.07) is 4.44. The van der Waals surface area contributed by atoms with E-state index in [-0.39, 0.29) is 5.91 Å². The van der Waals surface area contributed by atoms with Gasteiger partial charge in [0.05, 0.1) is 5.69 Å². The van der Waals surface area contributed by atoms with E-state index in [1.165, 1.54) is 6.20 Å². The molecule has 1 aliphatic heterocycles. The summed E-state index contributed by atoms with van der Waals surface area (Å²) < 4.78 is 39.5. The Labute approximate surface area is 153 Å². The molecule has 1 amide bonds. The summed E-state index contributed by atoms with van der Waals surface area (Å²) in [5.74, 6) is -0.341. The first kappa shape index (κ1) is 20.0. The summed E-state index contributed by atoms with van der Waals surface area (Å²) in [5, 5.41) is 4.78. The van der Waals surface area contributed by atoms with Gasteiger partial charge in [0.25, 0.3) is 0 Å². The lowest BCUT2D eigenvalue weighted by Crippen LogP contribution is -2.09. The van der Waals surface area contributed by atoms with Crippen LogP contribution < -0.4 is 5.73 Å². The van der Waals surface area contributed by atoms with Crippen LogP contribution in [0.1, 0.15) is 30.7 Å². The summed E-state index contributed by atoms with van der Waals surface area (Å²) >= 11 is 5.32. The highest BCUT2D eigenvalue weighted by atomic mass is 35.5. The molecule has 0 aromatic carbocycles. The molecular formula is C17H18ClF3N4O. The second-order valence-corrected chi connectivity index (χ2v) is 6.29. The lowest BCUT2D eigenvalue weighted by molar-refractivity contribution is -0.141. The number of rotatable bonds is 4. The average Bonchev–Trinajstić information content (AvgIpc) is 3.14. The number of aromatic nitrogens is 3. The van der Waals surface area contributed by atoms with Gasteiger partial charge in [0.2, 0.25) is 5.91 Å². The fourth-order valence-electron chi connectivity index (χ4n) is 2.41. The molecule has 26 heavy (non-hydrogen) atoms. The smallest absolute Gasteiger partial charge is 0.370 e. The standard InChI is InChI=1S/C12H10F3N3.C5H8ClNO/c13-12(14,15)11-6-8(3-4-16-11)10-7-9-2-1-5-18(9)17-10;1-4(6)2-3-5(7)8/h3-4,6-7H,1-2,5H2;1-3H2,(H2,7,8). The van der Waals surface area contributed by atoms with Gasteiger partial charge in [-0.3, -0.25) is 14.5 Å². The summed E-state index contributed by atoms with van der Waals surface area (Å²) in [5.41, 5.74) is 6.04. The average molecular weight is 387 g/mol. The van der Waals surface area contributed by atoms with Crippen LogP contribution in [0.2, 0.25) is 0 Å². The van der Waals surface area contributed by atoms with Crippen LogP contribution in [0.3, 0.4) is 0 Å². The summed E-state index contributed by atoms with van der Waals surface area (Å²) in [7, 11) is 0. The Bertz CT molecular complexity index is 766. The molecule has 0 unspecified atom stereocenters. The van der Waals surface area contributed by atoms with Gasteiger partial charge in [-0.25, -0.2) is 0 Å². The van der Waals surface area contributed by atoms with Crippen molar-refractivity contribution in [3.8, 4) is 11.3 Å². The number of allylic oxidation sites excluding steroid dienone is 1. The molecule has 0 aliphatic carbocycles. The Kier molecular flexibility index (Phi) is 6.42. The van der Waals surface area contributed by atoms with E-state index < -0.39 is 11.9 Å². The highest BCUT2D eigenvalue weighted by molar-refractivity contribution is 6.29. The number of fused-ring (bicyclic) bond motifs is 1. The second kappa shape index (κ2) is 8.35. The van der Waals surface area contributed by atoms with Crippen molar-refractivity contribution in [1.29, 1.82) is 0 Å². The molecule has 2 N–H and O–H groups in total. The van der Waals surface area contributed by atoms with Gasteiger partial charge < -0.3 is 5.73 Å². The molecule has 2 aromatic heterocycles. The SMILES string of the molecule is C=C(Cl)CCC(N)=O.FC(F)(F)c1cc(-c2cc3n(n2)CCC3)ccn1. The number of aryl methyl sites for hydroxylation is 2. The molecule has 1 aliphatic rings. The van der Waals surface area contributed by atoms with E-state index in [0.717, 1.165) is 31.1 Å². The Balaban J connectivity index is 0.000000260. The van der Waals surface area contributed by atoms with Gasteiger partial charge in [-0.15, -0.1) is 0 Å². The van der Waals surface area contributed by atoms with Crippen molar-refractivity contribution >= 4 is 17.5 Å². The molecule has 0 spiro atoms. The minimum atomic E-state index is -4.42. The molecule has 0 fully saturated rings. The van der Waals surface area contributed by atoms with Crippen molar-refractivity contribution < 1.29 is 18.0 Å². The molecule has 2 aromatic rings. The van der Waals surface area contributed by atoms with Crippen LogP contribution in [0.5, 0.6) is 0 Å². The summed E-state index contributed by atoms with van der Waals surface area (Å²) in [6.45, 7) is 4.22. The zero-order chi connectivity index (χ0) is 19.3. The first-order valence-corrected chi connectivity index (χ1v) is 8.26. The topological polar surface area (TPSA) is 73.8 Å². The molecular weight excluding hydrogens is 369 g/mol. The van der Waals surface area contributed by atoms with Crippen LogP contribution in [0.4, 0.5) is 13.2 Å². The van der Waals surface area contributed by atoms with Crippen LogP contribution in [0.25, 0.3) is 11.3 Å². The van der Waals surface area contributed by atoms with Crippen molar-refractivity contribution in [2.45, 2.75) is 38.4 Å². The Hall–Kier alpha value is -2.35. The number of carbonyl (C=O) groups excluding carboxylic acids is 1. The van der Waals surface area contributed by atoms with Gasteiger partial charge >= 0.3 is 6.18 Å². The summed E-state index contributed by atoms with van der Waals surface area (Å²) in [4.78, 5) is 13.4. The largest absolute Gasteiger partial charge is 0.433 e. The van der Waals surface area contributed by atoms with Crippen molar-refractivity contribution in [2.24, 2.45) is 5.73 Å². The highest BCUT2D eigenvalue weighted by Crippen LogP contribution is 2.30. The molecule has 9 heteroatoms. The van der Waals surface area contributed by atoms with Crippen LogP contribution >= 0.6 is 11.6 Å². The Morgan fingerprint density at radius 3 is 2.62 bits per heavy atom. The Morgan fingerprint density at radius 2 is 2.08 bits per heavy atom. The second-order valence-electron chi connectivity index (χ2n) is 5.76. The lowest BCUT2D eigenvalue weighted by Gasteiger charge is -2.06. The van der Waals surface area contributed by atoms with E-state index in [2.05, 4.69) is 16.7 Å². The number of hydrogen-bond acceptors (Lipinski definition) is 3. The van der Waals surface area contributed by atoms with Crippen LogP contribution in [-0.4, -0.2) is 20.7 Å².